The van der Waals surface area contributed by atoms with Gasteiger partial charge >= 0.3 is 6.03 Å². The van der Waals surface area contributed by atoms with Gasteiger partial charge < -0.3 is 15.5 Å². The molecule has 8 nitrogen and oxygen atoms in total. The Kier molecular flexibility index (Phi) is 8.28. The van der Waals surface area contributed by atoms with Crippen LogP contribution in [0.25, 0.3) is 0 Å². The number of benzene rings is 1. The number of anilines is 1. The summed E-state index contributed by atoms with van der Waals surface area (Å²) < 4.78 is 0. The summed E-state index contributed by atoms with van der Waals surface area (Å²) in [6.45, 7) is 8.40. The molecule has 2 aliphatic heterocycles. The van der Waals surface area contributed by atoms with E-state index in [0.29, 0.717) is 13.1 Å². The van der Waals surface area contributed by atoms with Crippen molar-refractivity contribution >= 4 is 12.0 Å². The Hall–Kier alpha value is -2.71. The van der Waals surface area contributed by atoms with Crippen LogP contribution in [-0.4, -0.2) is 84.7 Å². The van der Waals surface area contributed by atoms with Gasteiger partial charge in [-0.3, -0.25) is 9.80 Å². The molecule has 1 unspecified atom stereocenters. The molecule has 2 aliphatic rings. The van der Waals surface area contributed by atoms with E-state index in [2.05, 4.69) is 59.6 Å². The number of rotatable bonds is 9. The van der Waals surface area contributed by atoms with Crippen LogP contribution in [0.3, 0.4) is 0 Å². The highest BCUT2D eigenvalue weighted by atomic mass is 16.2. The number of likely N-dealkylation sites (tertiary alicyclic amines) is 1. The predicted molar refractivity (Wildman–Crippen MR) is 127 cm³/mol. The highest BCUT2D eigenvalue weighted by Gasteiger charge is 2.24. The van der Waals surface area contributed by atoms with Crippen LogP contribution in [-0.2, 0) is 0 Å². The first-order chi connectivity index (χ1) is 15.8. The van der Waals surface area contributed by atoms with Crippen molar-refractivity contribution in [2.75, 3.05) is 63.8 Å². The summed E-state index contributed by atoms with van der Waals surface area (Å²) in [7, 11) is 0. The van der Waals surface area contributed by atoms with Gasteiger partial charge in [0.2, 0.25) is 5.95 Å². The Bertz CT molecular complexity index is 806. The van der Waals surface area contributed by atoms with Crippen molar-refractivity contribution < 1.29 is 4.79 Å². The second kappa shape index (κ2) is 11.8. The Labute approximate surface area is 191 Å². The third kappa shape index (κ3) is 6.40. The maximum atomic E-state index is 12.4. The standard InChI is InChI=1S/C24H35N7O/c32-24(28-20-22(30-14-4-5-15-30)21-8-2-1-3-9-21)27-12-7-13-29-16-18-31(19-17-29)23-25-10-6-11-26-23/h1-3,6,8-11,22H,4-5,7,12-20H2,(H2,27,28,32). The molecule has 8 heteroatoms. The number of carbonyl (C=O) groups is 1. The lowest BCUT2D eigenvalue weighted by molar-refractivity contribution is 0.219. The lowest BCUT2D eigenvalue weighted by Crippen LogP contribution is -2.47. The third-order valence-electron chi connectivity index (χ3n) is 6.37. The average Bonchev–Trinajstić information content (AvgIpc) is 3.38. The molecule has 2 aromatic rings. The number of piperazine rings is 1. The number of hydrogen-bond donors (Lipinski definition) is 2. The van der Waals surface area contributed by atoms with Gasteiger partial charge in [-0.15, -0.1) is 0 Å². The molecule has 0 spiro atoms. The molecule has 0 radical (unpaired) electrons. The molecule has 172 valence electrons. The fourth-order valence-electron chi connectivity index (χ4n) is 4.57. The summed E-state index contributed by atoms with van der Waals surface area (Å²) in [6.07, 6.45) is 7.01. The largest absolute Gasteiger partial charge is 0.338 e. The van der Waals surface area contributed by atoms with Gasteiger partial charge in [0.1, 0.15) is 0 Å². The van der Waals surface area contributed by atoms with E-state index in [1.807, 2.05) is 12.1 Å². The first-order valence-electron chi connectivity index (χ1n) is 11.8. The minimum absolute atomic E-state index is 0.0730. The summed E-state index contributed by atoms with van der Waals surface area (Å²) in [5, 5.41) is 6.12. The summed E-state index contributed by atoms with van der Waals surface area (Å²) >= 11 is 0. The minimum atomic E-state index is -0.0730. The fraction of sp³-hybridized carbons (Fsp3) is 0.542. The van der Waals surface area contributed by atoms with E-state index < -0.39 is 0 Å². The highest BCUT2D eigenvalue weighted by Crippen LogP contribution is 2.24. The van der Waals surface area contributed by atoms with Crippen LogP contribution in [0.1, 0.15) is 30.9 Å². The molecule has 2 fully saturated rings. The Morgan fingerprint density at radius 1 is 0.906 bits per heavy atom. The molecule has 1 atom stereocenters. The van der Waals surface area contributed by atoms with E-state index in [-0.39, 0.29) is 12.1 Å². The third-order valence-corrected chi connectivity index (χ3v) is 6.37. The van der Waals surface area contributed by atoms with Crippen LogP contribution in [0.15, 0.2) is 48.8 Å². The van der Waals surface area contributed by atoms with E-state index in [1.165, 1.54) is 18.4 Å². The zero-order valence-corrected chi connectivity index (χ0v) is 18.8. The van der Waals surface area contributed by atoms with Gasteiger partial charge in [-0.25, -0.2) is 14.8 Å². The molecule has 2 saturated heterocycles. The van der Waals surface area contributed by atoms with Crippen molar-refractivity contribution in [3.05, 3.63) is 54.4 Å². The van der Waals surface area contributed by atoms with Gasteiger partial charge in [-0.05, 0) is 50.5 Å². The molecule has 1 aromatic carbocycles. The van der Waals surface area contributed by atoms with Crippen molar-refractivity contribution in [3.8, 4) is 0 Å². The molecule has 1 aromatic heterocycles. The first kappa shape index (κ1) is 22.5. The first-order valence-corrected chi connectivity index (χ1v) is 11.8. The summed E-state index contributed by atoms with van der Waals surface area (Å²) in [6, 6.07) is 12.5. The monoisotopic (exact) mass is 437 g/mol. The molecular formula is C24H35N7O. The number of nitrogens with zero attached hydrogens (tertiary/aromatic N) is 5. The summed E-state index contributed by atoms with van der Waals surface area (Å²) in [5.41, 5.74) is 1.27. The van der Waals surface area contributed by atoms with Gasteiger partial charge in [0.25, 0.3) is 0 Å². The topological polar surface area (TPSA) is 76.6 Å². The maximum Gasteiger partial charge on any atom is 0.314 e. The van der Waals surface area contributed by atoms with Gasteiger partial charge in [0.15, 0.2) is 0 Å². The van der Waals surface area contributed by atoms with Crippen LogP contribution in [0.2, 0.25) is 0 Å². The van der Waals surface area contributed by atoms with E-state index in [1.54, 1.807) is 12.4 Å². The van der Waals surface area contributed by atoms with E-state index in [0.717, 1.165) is 58.2 Å². The van der Waals surface area contributed by atoms with Crippen molar-refractivity contribution in [2.45, 2.75) is 25.3 Å². The second-order valence-corrected chi connectivity index (χ2v) is 8.54. The second-order valence-electron chi connectivity index (χ2n) is 8.54. The van der Waals surface area contributed by atoms with E-state index >= 15 is 0 Å². The SMILES string of the molecule is O=C(NCCCN1CCN(c2ncccn2)CC1)NCC(c1ccccc1)N1CCCC1. The van der Waals surface area contributed by atoms with Crippen LogP contribution in [0, 0.1) is 0 Å². The van der Waals surface area contributed by atoms with E-state index in [9.17, 15) is 4.79 Å². The maximum absolute atomic E-state index is 12.4. The van der Waals surface area contributed by atoms with Crippen LogP contribution >= 0.6 is 0 Å². The number of urea groups is 1. The Morgan fingerprint density at radius 3 is 2.34 bits per heavy atom. The molecule has 3 heterocycles. The quantitative estimate of drug-likeness (QED) is 0.586. The van der Waals surface area contributed by atoms with E-state index in [4.69, 9.17) is 0 Å². The number of nitrogens with one attached hydrogen (secondary N) is 2. The van der Waals surface area contributed by atoms with Crippen LogP contribution < -0.4 is 15.5 Å². The van der Waals surface area contributed by atoms with Gasteiger partial charge in [-0.2, -0.15) is 0 Å². The number of amides is 2. The fourth-order valence-corrected chi connectivity index (χ4v) is 4.57. The molecule has 2 amide bonds. The number of hydrogen-bond acceptors (Lipinski definition) is 6. The van der Waals surface area contributed by atoms with Gasteiger partial charge in [0.05, 0.1) is 6.04 Å². The summed E-state index contributed by atoms with van der Waals surface area (Å²) in [4.78, 5) is 28.2. The molecule has 0 saturated carbocycles. The summed E-state index contributed by atoms with van der Waals surface area (Å²) in [5.74, 6) is 0.813. The van der Waals surface area contributed by atoms with Crippen molar-refractivity contribution in [2.24, 2.45) is 0 Å². The lowest BCUT2D eigenvalue weighted by Gasteiger charge is -2.34. The predicted octanol–water partition coefficient (Wildman–Crippen LogP) is 2.12. The number of carbonyl (C=O) groups excluding carboxylic acids is 1. The average molecular weight is 438 g/mol. The molecule has 2 N–H and O–H groups in total. The lowest BCUT2D eigenvalue weighted by atomic mass is 10.1. The zero-order chi connectivity index (χ0) is 22.0. The van der Waals surface area contributed by atoms with Crippen molar-refractivity contribution in [1.29, 1.82) is 0 Å². The minimum Gasteiger partial charge on any atom is -0.338 e. The Morgan fingerprint density at radius 2 is 1.62 bits per heavy atom. The Balaban J connectivity index is 1.13. The molecule has 4 rings (SSSR count). The highest BCUT2D eigenvalue weighted by molar-refractivity contribution is 5.73. The normalized spacial score (nSPS) is 18.4. The molecule has 0 bridgehead atoms. The van der Waals surface area contributed by atoms with Gasteiger partial charge in [-0.1, -0.05) is 30.3 Å². The smallest absolute Gasteiger partial charge is 0.314 e. The van der Waals surface area contributed by atoms with Gasteiger partial charge in [0, 0.05) is 51.7 Å². The zero-order valence-electron chi connectivity index (χ0n) is 18.8. The number of aromatic nitrogens is 2. The molecular weight excluding hydrogens is 402 g/mol. The molecule has 0 aliphatic carbocycles. The van der Waals surface area contributed by atoms with Crippen molar-refractivity contribution in [3.63, 3.8) is 0 Å². The van der Waals surface area contributed by atoms with Crippen LogP contribution in [0.5, 0.6) is 0 Å². The van der Waals surface area contributed by atoms with Crippen molar-refractivity contribution in [1.82, 2.24) is 30.4 Å². The van der Waals surface area contributed by atoms with Crippen LogP contribution in [0.4, 0.5) is 10.7 Å². The molecule has 32 heavy (non-hydrogen) atoms.